The van der Waals surface area contributed by atoms with Gasteiger partial charge in [-0.1, -0.05) is 18.1 Å². The first-order valence-electron chi connectivity index (χ1n) is 5.32. The van der Waals surface area contributed by atoms with E-state index in [0.29, 0.717) is 5.75 Å². The van der Waals surface area contributed by atoms with E-state index >= 15 is 0 Å². The SMILES string of the molecule is C#CCNC(=O)CSc1cccc(C(C)N)c1. The van der Waals surface area contributed by atoms with Gasteiger partial charge in [0.25, 0.3) is 0 Å². The molecule has 1 rings (SSSR count). The lowest BCUT2D eigenvalue weighted by atomic mass is 10.1. The number of carbonyl (C=O) groups is 1. The lowest BCUT2D eigenvalue weighted by Crippen LogP contribution is -2.25. The van der Waals surface area contributed by atoms with Gasteiger partial charge >= 0.3 is 0 Å². The second-order valence-corrected chi connectivity index (χ2v) is 4.68. The molecule has 0 bridgehead atoms. The molecule has 0 aliphatic rings. The fraction of sp³-hybridized carbons (Fsp3) is 0.308. The summed E-state index contributed by atoms with van der Waals surface area (Å²) < 4.78 is 0. The van der Waals surface area contributed by atoms with Crippen molar-refractivity contribution in [3.63, 3.8) is 0 Å². The number of nitrogens with one attached hydrogen (secondary N) is 1. The van der Waals surface area contributed by atoms with Gasteiger partial charge in [0.15, 0.2) is 0 Å². The Balaban J connectivity index is 2.49. The molecule has 17 heavy (non-hydrogen) atoms. The Labute approximate surface area is 106 Å². The molecule has 4 heteroatoms. The zero-order valence-electron chi connectivity index (χ0n) is 9.77. The fourth-order valence-electron chi connectivity index (χ4n) is 1.24. The quantitative estimate of drug-likeness (QED) is 0.614. The number of rotatable bonds is 5. The van der Waals surface area contributed by atoms with Crippen molar-refractivity contribution in [1.29, 1.82) is 0 Å². The Morgan fingerprint density at radius 3 is 3.06 bits per heavy atom. The summed E-state index contributed by atoms with van der Waals surface area (Å²) in [6, 6.07) is 7.90. The standard InChI is InChI=1S/C13H16N2OS/c1-3-7-15-13(16)9-17-12-6-4-5-11(8-12)10(2)14/h1,4-6,8,10H,7,9,14H2,2H3,(H,15,16). The van der Waals surface area contributed by atoms with Crippen LogP contribution >= 0.6 is 11.8 Å². The highest BCUT2D eigenvalue weighted by atomic mass is 32.2. The van der Waals surface area contributed by atoms with Crippen LogP contribution in [0.2, 0.25) is 0 Å². The molecule has 0 spiro atoms. The summed E-state index contributed by atoms with van der Waals surface area (Å²) in [5, 5.41) is 2.62. The second kappa shape index (κ2) is 7.00. The third-order valence-corrected chi connectivity index (χ3v) is 3.14. The van der Waals surface area contributed by atoms with Crippen LogP contribution in [0.3, 0.4) is 0 Å². The van der Waals surface area contributed by atoms with E-state index in [9.17, 15) is 4.79 Å². The molecular formula is C13H16N2OS. The summed E-state index contributed by atoms with van der Waals surface area (Å²) in [5.41, 5.74) is 6.86. The van der Waals surface area contributed by atoms with E-state index < -0.39 is 0 Å². The second-order valence-electron chi connectivity index (χ2n) is 3.63. The normalized spacial score (nSPS) is 11.6. The van der Waals surface area contributed by atoms with Gasteiger partial charge in [-0.25, -0.2) is 0 Å². The monoisotopic (exact) mass is 248 g/mol. The lowest BCUT2D eigenvalue weighted by molar-refractivity contribution is -0.118. The van der Waals surface area contributed by atoms with Crippen molar-refractivity contribution >= 4 is 17.7 Å². The number of terminal acetylenes is 1. The molecule has 1 amide bonds. The minimum atomic E-state index is -0.0563. The van der Waals surface area contributed by atoms with Gasteiger partial charge < -0.3 is 11.1 Å². The topological polar surface area (TPSA) is 55.1 Å². The number of carbonyl (C=O) groups excluding carboxylic acids is 1. The van der Waals surface area contributed by atoms with Crippen LogP contribution in [0, 0.1) is 12.3 Å². The predicted octanol–water partition coefficient (Wildman–Crippen LogP) is 1.55. The van der Waals surface area contributed by atoms with Crippen LogP contribution in [0.25, 0.3) is 0 Å². The zero-order valence-corrected chi connectivity index (χ0v) is 10.6. The van der Waals surface area contributed by atoms with Crippen LogP contribution in [-0.4, -0.2) is 18.2 Å². The number of hydrogen-bond acceptors (Lipinski definition) is 3. The molecule has 0 heterocycles. The van der Waals surface area contributed by atoms with Crippen LogP contribution in [0.5, 0.6) is 0 Å². The van der Waals surface area contributed by atoms with Crippen LogP contribution in [0.1, 0.15) is 18.5 Å². The van der Waals surface area contributed by atoms with Crippen LogP contribution in [-0.2, 0) is 4.79 Å². The first-order valence-corrected chi connectivity index (χ1v) is 6.30. The van der Waals surface area contributed by atoms with Gasteiger partial charge in [0.2, 0.25) is 5.91 Å². The van der Waals surface area contributed by atoms with Crippen LogP contribution < -0.4 is 11.1 Å². The van der Waals surface area contributed by atoms with Gasteiger partial charge in [0.1, 0.15) is 0 Å². The van der Waals surface area contributed by atoms with E-state index in [1.165, 1.54) is 11.8 Å². The fourth-order valence-corrected chi connectivity index (χ4v) is 2.03. The highest BCUT2D eigenvalue weighted by molar-refractivity contribution is 8.00. The molecule has 0 saturated carbocycles. The molecule has 0 aliphatic heterocycles. The smallest absolute Gasteiger partial charge is 0.231 e. The Bertz CT molecular complexity index is 424. The average Bonchev–Trinajstić information content (AvgIpc) is 2.34. The number of nitrogens with two attached hydrogens (primary N) is 1. The molecule has 0 aromatic heterocycles. The molecule has 1 atom stereocenters. The van der Waals surface area contributed by atoms with Gasteiger partial charge in [-0.2, -0.15) is 0 Å². The maximum Gasteiger partial charge on any atom is 0.231 e. The van der Waals surface area contributed by atoms with E-state index in [-0.39, 0.29) is 18.5 Å². The van der Waals surface area contributed by atoms with Gasteiger partial charge in [0.05, 0.1) is 12.3 Å². The minimum absolute atomic E-state index is 0.00539. The first-order chi connectivity index (χ1) is 8.13. The Kier molecular flexibility index (Phi) is 5.61. The molecule has 0 radical (unpaired) electrons. The summed E-state index contributed by atoms with van der Waals surface area (Å²) in [7, 11) is 0. The van der Waals surface area contributed by atoms with Gasteiger partial charge in [0, 0.05) is 10.9 Å². The molecule has 1 aromatic rings. The molecule has 90 valence electrons. The lowest BCUT2D eigenvalue weighted by Gasteiger charge is -2.07. The number of thioether (sulfide) groups is 1. The van der Waals surface area contributed by atoms with Crippen molar-refractivity contribution in [2.24, 2.45) is 5.73 Å². The molecule has 1 unspecified atom stereocenters. The zero-order chi connectivity index (χ0) is 12.7. The number of amides is 1. The number of hydrogen-bond donors (Lipinski definition) is 2. The maximum absolute atomic E-state index is 11.3. The van der Waals surface area contributed by atoms with Gasteiger partial charge in [-0.05, 0) is 24.6 Å². The summed E-state index contributed by atoms with van der Waals surface area (Å²) in [6.45, 7) is 2.21. The number of benzene rings is 1. The average molecular weight is 248 g/mol. The molecule has 0 fully saturated rings. The molecule has 0 aliphatic carbocycles. The third-order valence-electron chi connectivity index (χ3n) is 2.14. The van der Waals surface area contributed by atoms with E-state index in [4.69, 9.17) is 12.2 Å². The van der Waals surface area contributed by atoms with Crippen LogP contribution in [0.4, 0.5) is 0 Å². The molecular weight excluding hydrogens is 232 g/mol. The maximum atomic E-state index is 11.3. The first kappa shape index (κ1) is 13.6. The molecule has 0 saturated heterocycles. The van der Waals surface area contributed by atoms with Crippen molar-refractivity contribution in [3.05, 3.63) is 29.8 Å². The van der Waals surface area contributed by atoms with E-state index in [2.05, 4.69) is 11.2 Å². The summed E-state index contributed by atoms with van der Waals surface area (Å²) in [6.07, 6.45) is 5.05. The minimum Gasteiger partial charge on any atom is -0.344 e. The molecule has 3 nitrogen and oxygen atoms in total. The highest BCUT2D eigenvalue weighted by Crippen LogP contribution is 2.21. The molecule has 3 N–H and O–H groups in total. The van der Waals surface area contributed by atoms with Gasteiger partial charge in [-0.3, -0.25) is 4.79 Å². The van der Waals surface area contributed by atoms with E-state index in [1.807, 2.05) is 31.2 Å². The van der Waals surface area contributed by atoms with Crippen LogP contribution in [0.15, 0.2) is 29.2 Å². The van der Waals surface area contributed by atoms with Crippen molar-refractivity contribution in [3.8, 4) is 12.3 Å². The van der Waals surface area contributed by atoms with Crippen molar-refractivity contribution in [2.75, 3.05) is 12.3 Å². The van der Waals surface area contributed by atoms with E-state index in [0.717, 1.165) is 10.5 Å². The predicted molar refractivity (Wildman–Crippen MR) is 71.6 cm³/mol. The van der Waals surface area contributed by atoms with Crippen molar-refractivity contribution in [1.82, 2.24) is 5.32 Å². The summed E-state index contributed by atoms with van der Waals surface area (Å²) in [5.74, 6) is 2.67. The van der Waals surface area contributed by atoms with Gasteiger partial charge in [-0.15, -0.1) is 18.2 Å². The van der Waals surface area contributed by atoms with E-state index in [1.54, 1.807) is 0 Å². The Morgan fingerprint density at radius 2 is 2.41 bits per heavy atom. The molecule has 1 aromatic carbocycles. The largest absolute Gasteiger partial charge is 0.344 e. The summed E-state index contributed by atoms with van der Waals surface area (Å²) in [4.78, 5) is 12.4. The highest BCUT2D eigenvalue weighted by Gasteiger charge is 2.04. The Hall–Kier alpha value is -1.44. The van der Waals surface area contributed by atoms with Crippen molar-refractivity contribution in [2.45, 2.75) is 17.9 Å². The van der Waals surface area contributed by atoms with Crippen molar-refractivity contribution < 1.29 is 4.79 Å². The summed E-state index contributed by atoms with van der Waals surface area (Å²) >= 11 is 1.47. The Morgan fingerprint density at radius 1 is 1.65 bits per heavy atom. The third kappa shape index (κ3) is 4.94.